The van der Waals surface area contributed by atoms with Gasteiger partial charge in [-0.2, -0.15) is 0 Å². The summed E-state index contributed by atoms with van der Waals surface area (Å²) in [6.45, 7) is 2.42. The first-order valence-corrected chi connectivity index (χ1v) is 10.3. The summed E-state index contributed by atoms with van der Waals surface area (Å²) in [4.78, 5) is 15.7. The van der Waals surface area contributed by atoms with E-state index in [-0.39, 0.29) is 12.3 Å². The van der Waals surface area contributed by atoms with E-state index in [1.165, 1.54) is 5.56 Å². The first kappa shape index (κ1) is 20.0. The summed E-state index contributed by atoms with van der Waals surface area (Å²) in [6.07, 6.45) is 2.64. The van der Waals surface area contributed by atoms with Crippen LogP contribution in [0.1, 0.15) is 41.3 Å². The van der Waals surface area contributed by atoms with Gasteiger partial charge in [-0.05, 0) is 67.1 Å². The molecule has 0 spiro atoms. The summed E-state index contributed by atoms with van der Waals surface area (Å²) in [5, 5.41) is 12.2. The van der Waals surface area contributed by atoms with Crippen molar-refractivity contribution in [3.05, 3.63) is 65.0 Å². The van der Waals surface area contributed by atoms with Gasteiger partial charge in [0.1, 0.15) is 11.5 Å². The highest BCUT2D eigenvalue weighted by atomic mass is 16.5. The number of carboxylic acids is 1. The van der Waals surface area contributed by atoms with E-state index in [1.54, 1.807) is 0 Å². The van der Waals surface area contributed by atoms with E-state index >= 15 is 0 Å². The fraction of sp³-hybridized carbons (Fsp3) is 0.333. The van der Waals surface area contributed by atoms with Gasteiger partial charge in [-0.25, -0.2) is 4.98 Å². The van der Waals surface area contributed by atoms with E-state index in [1.807, 2.05) is 56.4 Å². The van der Waals surface area contributed by atoms with E-state index in [2.05, 4.69) is 10.3 Å². The van der Waals surface area contributed by atoms with Crippen LogP contribution in [-0.4, -0.2) is 29.7 Å². The van der Waals surface area contributed by atoms with Crippen molar-refractivity contribution in [2.24, 2.45) is 0 Å². The largest absolute Gasteiger partial charge is 0.493 e. The van der Waals surface area contributed by atoms with Crippen LogP contribution in [-0.2, 0) is 17.6 Å². The Morgan fingerprint density at radius 3 is 2.97 bits per heavy atom. The monoisotopic (exact) mass is 406 g/mol. The molecule has 1 aromatic heterocycles. The summed E-state index contributed by atoms with van der Waals surface area (Å²) in [5.41, 5.74) is 5.18. The predicted octanol–water partition coefficient (Wildman–Crippen LogP) is 4.82. The maximum Gasteiger partial charge on any atom is 0.303 e. The topological polar surface area (TPSA) is 84.6 Å². The molecule has 3 aromatic rings. The predicted molar refractivity (Wildman–Crippen MR) is 115 cm³/mol. The number of carbonyl (C=O) groups is 1. The van der Waals surface area contributed by atoms with Gasteiger partial charge >= 0.3 is 5.97 Å². The number of fused-ring (bicyclic) bond motifs is 1. The van der Waals surface area contributed by atoms with Crippen LogP contribution in [0, 0.1) is 6.92 Å². The Labute approximate surface area is 175 Å². The molecule has 30 heavy (non-hydrogen) atoms. The van der Waals surface area contributed by atoms with Crippen molar-refractivity contribution in [3.8, 4) is 17.2 Å². The molecule has 1 aliphatic carbocycles. The number of nitrogens with zero attached hydrogens (tertiary/aromatic N) is 1. The third-order valence-electron chi connectivity index (χ3n) is 5.64. The standard InChI is InChI=1S/C24H26N2O4/c1-15-22(26-24(30-15)18-4-3-5-19(12-18)25-2)10-11-29-20-8-9-21-16(13-20)6-7-17(21)14-23(27)28/h3-5,8-9,12-13,17,25H,6-7,10-11,14H2,1-2H3,(H,27,28)/t17-/m0/s1. The molecule has 2 N–H and O–H groups in total. The van der Waals surface area contributed by atoms with Gasteiger partial charge in [0.25, 0.3) is 0 Å². The van der Waals surface area contributed by atoms with Crippen molar-refractivity contribution in [2.75, 3.05) is 19.0 Å². The number of nitrogens with one attached hydrogen (secondary N) is 1. The lowest BCUT2D eigenvalue weighted by molar-refractivity contribution is -0.137. The van der Waals surface area contributed by atoms with E-state index in [9.17, 15) is 4.79 Å². The van der Waals surface area contributed by atoms with Gasteiger partial charge in [-0.1, -0.05) is 12.1 Å². The van der Waals surface area contributed by atoms with Gasteiger partial charge in [-0.3, -0.25) is 4.79 Å². The molecule has 4 rings (SSSR count). The van der Waals surface area contributed by atoms with Crippen LogP contribution in [0.3, 0.4) is 0 Å². The summed E-state index contributed by atoms with van der Waals surface area (Å²) >= 11 is 0. The molecule has 1 aliphatic rings. The maximum atomic E-state index is 11.0. The van der Waals surface area contributed by atoms with Crippen molar-refractivity contribution < 1.29 is 19.1 Å². The molecule has 0 unspecified atom stereocenters. The number of oxazole rings is 1. The third kappa shape index (κ3) is 4.32. The number of anilines is 1. The fourth-order valence-electron chi connectivity index (χ4n) is 4.05. The Bertz CT molecular complexity index is 1060. The average molecular weight is 406 g/mol. The lowest BCUT2D eigenvalue weighted by Gasteiger charge is -2.10. The molecule has 0 bridgehead atoms. The van der Waals surface area contributed by atoms with Crippen LogP contribution in [0.5, 0.6) is 5.75 Å². The van der Waals surface area contributed by atoms with Crippen LogP contribution in [0.2, 0.25) is 0 Å². The molecule has 2 aromatic carbocycles. The number of aliphatic carboxylic acids is 1. The molecule has 0 saturated carbocycles. The smallest absolute Gasteiger partial charge is 0.303 e. The first-order chi connectivity index (χ1) is 14.5. The van der Waals surface area contributed by atoms with Crippen LogP contribution in [0.15, 0.2) is 46.9 Å². The van der Waals surface area contributed by atoms with Crippen LogP contribution >= 0.6 is 0 Å². The number of carboxylic acid groups (broad SMARTS) is 1. The molecule has 1 heterocycles. The van der Waals surface area contributed by atoms with Gasteiger partial charge in [0.15, 0.2) is 0 Å². The number of benzene rings is 2. The molecular formula is C24H26N2O4. The number of hydrogen-bond donors (Lipinski definition) is 2. The first-order valence-electron chi connectivity index (χ1n) is 10.3. The zero-order chi connectivity index (χ0) is 21.1. The van der Waals surface area contributed by atoms with Crippen molar-refractivity contribution in [1.82, 2.24) is 4.98 Å². The van der Waals surface area contributed by atoms with Crippen LogP contribution in [0.4, 0.5) is 5.69 Å². The molecule has 156 valence electrons. The van der Waals surface area contributed by atoms with Gasteiger partial charge in [0.2, 0.25) is 5.89 Å². The Morgan fingerprint density at radius 2 is 2.17 bits per heavy atom. The fourth-order valence-corrected chi connectivity index (χ4v) is 4.05. The van der Waals surface area contributed by atoms with Crippen LogP contribution < -0.4 is 10.1 Å². The van der Waals surface area contributed by atoms with E-state index < -0.39 is 5.97 Å². The van der Waals surface area contributed by atoms with Gasteiger partial charge in [-0.15, -0.1) is 0 Å². The molecule has 0 amide bonds. The minimum atomic E-state index is -0.742. The van der Waals surface area contributed by atoms with Crippen LogP contribution in [0.25, 0.3) is 11.5 Å². The molecule has 0 fully saturated rings. The molecule has 0 saturated heterocycles. The Balaban J connectivity index is 1.38. The summed E-state index contributed by atoms with van der Waals surface area (Å²) < 4.78 is 11.8. The highest BCUT2D eigenvalue weighted by molar-refractivity contribution is 5.68. The lowest BCUT2D eigenvalue weighted by atomic mass is 9.98. The van der Waals surface area contributed by atoms with Crippen molar-refractivity contribution in [3.63, 3.8) is 0 Å². The summed E-state index contributed by atoms with van der Waals surface area (Å²) in [7, 11) is 1.88. The number of rotatable bonds is 8. The third-order valence-corrected chi connectivity index (χ3v) is 5.64. The van der Waals surface area contributed by atoms with Crippen molar-refractivity contribution in [1.29, 1.82) is 0 Å². The number of hydrogen-bond acceptors (Lipinski definition) is 5. The molecule has 6 heteroatoms. The van der Waals surface area contributed by atoms with Crippen molar-refractivity contribution >= 4 is 11.7 Å². The normalized spacial score (nSPS) is 15.1. The SMILES string of the molecule is CNc1cccc(-c2nc(CCOc3ccc4c(c3)CC[C@H]4CC(=O)O)c(C)o2)c1. The lowest BCUT2D eigenvalue weighted by Crippen LogP contribution is -2.04. The summed E-state index contributed by atoms with van der Waals surface area (Å²) in [5.74, 6) is 1.60. The number of ether oxygens (including phenoxy) is 1. The second-order valence-electron chi connectivity index (χ2n) is 7.65. The second kappa shape index (κ2) is 8.61. The number of aryl methyl sites for hydroxylation is 2. The number of aromatic nitrogens is 1. The Morgan fingerprint density at radius 1 is 1.30 bits per heavy atom. The molecule has 1 atom stereocenters. The maximum absolute atomic E-state index is 11.0. The highest BCUT2D eigenvalue weighted by Gasteiger charge is 2.25. The van der Waals surface area contributed by atoms with E-state index in [0.29, 0.717) is 18.9 Å². The van der Waals surface area contributed by atoms with E-state index in [0.717, 1.165) is 46.9 Å². The molecule has 0 radical (unpaired) electrons. The minimum Gasteiger partial charge on any atom is -0.493 e. The molecular weight excluding hydrogens is 380 g/mol. The quantitative estimate of drug-likeness (QED) is 0.558. The van der Waals surface area contributed by atoms with Gasteiger partial charge < -0.3 is 19.6 Å². The Kier molecular flexibility index (Phi) is 5.74. The van der Waals surface area contributed by atoms with E-state index in [4.69, 9.17) is 14.3 Å². The van der Waals surface area contributed by atoms with Gasteiger partial charge in [0, 0.05) is 24.7 Å². The summed E-state index contributed by atoms with van der Waals surface area (Å²) in [6, 6.07) is 13.9. The highest BCUT2D eigenvalue weighted by Crippen LogP contribution is 2.37. The van der Waals surface area contributed by atoms with Gasteiger partial charge in [0.05, 0.1) is 18.7 Å². The average Bonchev–Trinajstić information content (AvgIpc) is 3.31. The zero-order valence-electron chi connectivity index (χ0n) is 17.3. The second-order valence-corrected chi connectivity index (χ2v) is 7.65. The molecule has 0 aliphatic heterocycles. The van der Waals surface area contributed by atoms with Crippen molar-refractivity contribution in [2.45, 2.75) is 38.5 Å². The Hall–Kier alpha value is -3.28. The minimum absolute atomic E-state index is 0.115. The zero-order valence-corrected chi connectivity index (χ0v) is 17.3. The molecule has 6 nitrogen and oxygen atoms in total.